The molecule has 1 aliphatic heterocycles. The van der Waals surface area contributed by atoms with Gasteiger partial charge < -0.3 is 5.11 Å². The smallest absolute Gasteiger partial charge is 0.0679 e. The average Bonchev–Trinajstić information content (AvgIpc) is 2.35. The predicted molar refractivity (Wildman–Crippen MR) is 46.7 cm³/mol. The lowest BCUT2D eigenvalue weighted by Gasteiger charge is -2.13. The van der Waals surface area contributed by atoms with Gasteiger partial charge in [-0.3, -0.25) is 4.90 Å². The molecule has 1 atom stereocenters. The molecule has 0 amide bonds. The van der Waals surface area contributed by atoms with Crippen LogP contribution in [0.1, 0.15) is 13.3 Å². The van der Waals surface area contributed by atoms with E-state index in [-0.39, 0.29) is 6.10 Å². The van der Waals surface area contributed by atoms with Crippen molar-refractivity contribution in [2.24, 2.45) is 0 Å². The summed E-state index contributed by atoms with van der Waals surface area (Å²) in [5.74, 6) is 0. The molecule has 0 aromatic rings. The second-order valence-electron chi connectivity index (χ2n) is 3.13. The average molecular weight is 176 g/mol. The van der Waals surface area contributed by atoms with Crippen molar-refractivity contribution in [1.29, 1.82) is 0 Å². The second-order valence-corrected chi connectivity index (χ2v) is 3.35. The number of nitrogens with zero attached hydrogens (tertiary/aromatic N) is 1. The molecule has 1 fully saturated rings. The van der Waals surface area contributed by atoms with Crippen molar-refractivity contribution < 1.29 is 5.11 Å². The van der Waals surface area contributed by atoms with Crippen LogP contribution in [0.25, 0.3) is 0 Å². The van der Waals surface area contributed by atoms with Crippen molar-refractivity contribution in [3.63, 3.8) is 0 Å². The molecule has 1 heterocycles. The Balaban J connectivity index is 2.28. The van der Waals surface area contributed by atoms with Gasteiger partial charge >= 0.3 is 0 Å². The third-order valence-corrected chi connectivity index (χ3v) is 2.28. The predicted octanol–water partition coefficient (Wildman–Crippen LogP) is 1.20. The Labute approximate surface area is 72.5 Å². The van der Waals surface area contributed by atoms with Crippen molar-refractivity contribution >= 4 is 11.6 Å². The summed E-state index contributed by atoms with van der Waals surface area (Å²) in [4.78, 5) is 2.21. The van der Waals surface area contributed by atoms with Gasteiger partial charge in [-0.1, -0.05) is 11.6 Å². The van der Waals surface area contributed by atoms with E-state index in [1.807, 2.05) is 6.92 Å². The topological polar surface area (TPSA) is 23.5 Å². The lowest BCUT2D eigenvalue weighted by Crippen LogP contribution is -2.23. The van der Waals surface area contributed by atoms with E-state index in [2.05, 4.69) is 4.90 Å². The summed E-state index contributed by atoms with van der Waals surface area (Å²) in [6, 6.07) is 0. The van der Waals surface area contributed by atoms with E-state index in [0.717, 1.165) is 31.6 Å². The van der Waals surface area contributed by atoms with Gasteiger partial charge in [-0.2, -0.15) is 0 Å². The van der Waals surface area contributed by atoms with Crippen LogP contribution in [0.2, 0.25) is 0 Å². The third kappa shape index (κ3) is 2.81. The highest BCUT2D eigenvalue weighted by atomic mass is 35.5. The summed E-state index contributed by atoms with van der Waals surface area (Å²) in [6.07, 6.45) is 0.772. The van der Waals surface area contributed by atoms with Crippen molar-refractivity contribution in [2.45, 2.75) is 19.4 Å². The normalized spacial score (nSPS) is 27.9. The van der Waals surface area contributed by atoms with E-state index in [0.29, 0.717) is 0 Å². The zero-order valence-corrected chi connectivity index (χ0v) is 7.51. The lowest BCUT2D eigenvalue weighted by molar-refractivity contribution is 0.179. The molecule has 1 unspecified atom stereocenters. The Hall–Kier alpha value is -0.0500. The number of β-amino-alcohol motifs (C(OH)–C–C–N with tert-alkyl or cyclic N) is 1. The molecule has 3 heteroatoms. The van der Waals surface area contributed by atoms with Gasteiger partial charge in [0, 0.05) is 25.2 Å². The number of halogens is 1. The minimum Gasteiger partial charge on any atom is -0.392 e. The van der Waals surface area contributed by atoms with Gasteiger partial charge in [0.1, 0.15) is 0 Å². The third-order valence-electron chi connectivity index (χ3n) is 1.91. The first-order chi connectivity index (χ1) is 5.22. The first-order valence-corrected chi connectivity index (χ1v) is 4.32. The van der Waals surface area contributed by atoms with Crippen LogP contribution in [-0.2, 0) is 0 Å². The van der Waals surface area contributed by atoms with Crippen molar-refractivity contribution in [2.75, 3.05) is 19.6 Å². The maximum Gasteiger partial charge on any atom is 0.0679 e. The van der Waals surface area contributed by atoms with Crippen molar-refractivity contribution in [3.8, 4) is 0 Å². The van der Waals surface area contributed by atoms with Gasteiger partial charge in [-0.25, -0.2) is 0 Å². The van der Waals surface area contributed by atoms with Crippen LogP contribution in [0.15, 0.2) is 11.1 Å². The maximum absolute atomic E-state index is 9.19. The fraction of sp³-hybridized carbons (Fsp3) is 0.750. The molecule has 0 bridgehead atoms. The van der Waals surface area contributed by atoms with Gasteiger partial charge in [0.2, 0.25) is 0 Å². The van der Waals surface area contributed by atoms with Gasteiger partial charge in [-0.15, -0.1) is 0 Å². The number of likely N-dealkylation sites (tertiary alicyclic amines) is 1. The van der Waals surface area contributed by atoms with E-state index in [9.17, 15) is 5.11 Å². The molecular weight excluding hydrogens is 162 g/mol. The van der Waals surface area contributed by atoms with Crippen LogP contribution in [-0.4, -0.2) is 35.7 Å². The molecule has 1 saturated heterocycles. The fourth-order valence-corrected chi connectivity index (χ4v) is 1.41. The molecule has 1 aliphatic rings. The first kappa shape index (κ1) is 9.04. The van der Waals surface area contributed by atoms with Crippen LogP contribution in [0.4, 0.5) is 0 Å². The van der Waals surface area contributed by atoms with Gasteiger partial charge in [0.25, 0.3) is 0 Å². The summed E-state index contributed by atoms with van der Waals surface area (Å²) in [6.45, 7) is 4.67. The van der Waals surface area contributed by atoms with Gasteiger partial charge in [0.05, 0.1) is 6.10 Å². The lowest BCUT2D eigenvalue weighted by atomic mass is 10.3. The van der Waals surface area contributed by atoms with E-state index in [4.69, 9.17) is 11.6 Å². The molecule has 0 aromatic heterocycles. The molecule has 0 aliphatic carbocycles. The number of hydrogen-bond acceptors (Lipinski definition) is 2. The molecule has 1 rings (SSSR count). The largest absolute Gasteiger partial charge is 0.392 e. The Kier molecular flexibility index (Phi) is 3.37. The van der Waals surface area contributed by atoms with E-state index in [1.54, 1.807) is 5.54 Å². The number of hydrogen-bond donors (Lipinski definition) is 1. The molecule has 0 aromatic carbocycles. The first-order valence-electron chi connectivity index (χ1n) is 3.88. The Bertz CT molecular complexity index is 158. The molecular formula is C8H14ClNO. The van der Waals surface area contributed by atoms with Crippen molar-refractivity contribution in [1.82, 2.24) is 4.90 Å². The summed E-state index contributed by atoms with van der Waals surface area (Å²) >= 11 is 5.52. The van der Waals surface area contributed by atoms with Crippen LogP contribution in [0.3, 0.4) is 0 Å². The van der Waals surface area contributed by atoms with Crippen LogP contribution < -0.4 is 0 Å². The highest BCUT2D eigenvalue weighted by molar-refractivity contribution is 6.25. The zero-order chi connectivity index (χ0) is 8.27. The number of aliphatic hydroxyl groups is 1. The van der Waals surface area contributed by atoms with Gasteiger partial charge in [0.15, 0.2) is 0 Å². The number of aliphatic hydroxyl groups excluding tert-OH is 1. The number of rotatable bonds is 2. The molecule has 0 radical (unpaired) electrons. The van der Waals surface area contributed by atoms with E-state index < -0.39 is 0 Å². The summed E-state index contributed by atoms with van der Waals surface area (Å²) < 4.78 is 0. The molecule has 64 valence electrons. The minimum atomic E-state index is -0.127. The minimum absolute atomic E-state index is 0.127. The second kappa shape index (κ2) is 4.10. The molecule has 2 nitrogen and oxygen atoms in total. The Morgan fingerprint density at radius 3 is 3.00 bits per heavy atom. The highest BCUT2D eigenvalue weighted by Crippen LogP contribution is 2.10. The summed E-state index contributed by atoms with van der Waals surface area (Å²) in [5, 5.41) is 9.19. The van der Waals surface area contributed by atoms with E-state index in [1.165, 1.54) is 0 Å². The summed E-state index contributed by atoms with van der Waals surface area (Å²) in [7, 11) is 0. The van der Waals surface area contributed by atoms with Crippen molar-refractivity contribution in [3.05, 3.63) is 11.1 Å². The monoisotopic (exact) mass is 175 g/mol. The molecule has 11 heavy (non-hydrogen) atoms. The Morgan fingerprint density at radius 2 is 2.55 bits per heavy atom. The molecule has 0 spiro atoms. The standard InChI is InChI=1S/C8H14ClNO/c1-7(4-9)5-10-3-2-8(11)6-10/h4,8,11H,2-3,5-6H2,1H3/b7-4+. The van der Waals surface area contributed by atoms with Crippen LogP contribution in [0.5, 0.6) is 0 Å². The SMILES string of the molecule is C/C(=C\Cl)CN1CCC(O)C1. The zero-order valence-electron chi connectivity index (χ0n) is 6.76. The fourth-order valence-electron chi connectivity index (χ4n) is 1.34. The van der Waals surface area contributed by atoms with E-state index >= 15 is 0 Å². The summed E-state index contributed by atoms with van der Waals surface area (Å²) in [5.41, 5.74) is 2.76. The van der Waals surface area contributed by atoms with Crippen LogP contribution in [0, 0.1) is 0 Å². The highest BCUT2D eigenvalue weighted by Gasteiger charge is 2.19. The quantitative estimate of drug-likeness (QED) is 0.682. The van der Waals surface area contributed by atoms with Crippen LogP contribution >= 0.6 is 11.6 Å². The van der Waals surface area contributed by atoms with Gasteiger partial charge in [-0.05, 0) is 18.9 Å². The Morgan fingerprint density at radius 1 is 1.82 bits per heavy atom. The molecule has 1 N–H and O–H groups in total. The maximum atomic E-state index is 9.19. The molecule has 0 saturated carbocycles.